The summed E-state index contributed by atoms with van der Waals surface area (Å²) in [4.78, 5) is 11.8. The van der Waals surface area contributed by atoms with Gasteiger partial charge in [-0.25, -0.2) is 0 Å². The van der Waals surface area contributed by atoms with E-state index < -0.39 is 0 Å². The quantitative estimate of drug-likeness (QED) is 0.851. The topological polar surface area (TPSA) is 29.1 Å². The average Bonchev–Trinajstić information content (AvgIpc) is 2.17. The number of alkyl halides is 1. The van der Waals surface area contributed by atoms with Crippen LogP contribution in [0.5, 0.6) is 0 Å². The van der Waals surface area contributed by atoms with Crippen molar-refractivity contribution in [1.82, 2.24) is 5.32 Å². The summed E-state index contributed by atoms with van der Waals surface area (Å²) in [5.41, 5.74) is 0.239. The summed E-state index contributed by atoms with van der Waals surface area (Å²) < 4.78 is 0.888. The van der Waals surface area contributed by atoms with E-state index in [9.17, 15) is 4.79 Å². The number of benzene rings is 1. The third kappa shape index (κ3) is 3.84. The Balaban J connectivity index is 2.78. The molecule has 0 heterocycles. The average molecular weight is 291 g/mol. The van der Waals surface area contributed by atoms with Crippen LogP contribution < -0.4 is 5.32 Å². The van der Waals surface area contributed by atoms with Crippen LogP contribution in [0.4, 0.5) is 0 Å². The minimum atomic E-state index is -0.388. The van der Waals surface area contributed by atoms with Gasteiger partial charge in [0, 0.05) is 21.5 Å². The van der Waals surface area contributed by atoms with Gasteiger partial charge in [-0.05, 0) is 32.0 Å². The van der Waals surface area contributed by atoms with E-state index in [4.69, 9.17) is 11.6 Å². The number of amides is 1. The Kier molecular flexibility index (Phi) is 4.17. The lowest BCUT2D eigenvalue weighted by atomic mass is 10.1. The molecule has 0 bridgehead atoms. The normalized spacial score (nSPS) is 11.2. The molecule has 1 aromatic carbocycles. The Bertz CT molecular complexity index is 365. The fourth-order valence-corrected chi connectivity index (χ4v) is 1.51. The van der Waals surface area contributed by atoms with Crippen molar-refractivity contribution >= 4 is 33.4 Å². The van der Waals surface area contributed by atoms with Crippen molar-refractivity contribution in [3.63, 3.8) is 0 Å². The maximum absolute atomic E-state index is 11.8. The fraction of sp³-hybridized carbons (Fsp3) is 0.364. The molecule has 0 fully saturated rings. The number of halogens is 2. The molecule has 4 heteroatoms. The van der Waals surface area contributed by atoms with Gasteiger partial charge in [0.25, 0.3) is 5.91 Å². The molecule has 0 atom stereocenters. The molecule has 0 aliphatic rings. The van der Waals surface area contributed by atoms with E-state index in [0.717, 1.165) is 4.47 Å². The van der Waals surface area contributed by atoms with Gasteiger partial charge in [-0.2, -0.15) is 0 Å². The van der Waals surface area contributed by atoms with Crippen LogP contribution in [0.25, 0.3) is 0 Å². The highest BCUT2D eigenvalue weighted by Crippen LogP contribution is 2.13. The van der Waals surface area contributed by atoms with Crippen molar-refractivity contribution in [2.75, 3.05) is 5.88 Å². The summed E-state index contributed by atoms with van der Waals surface area (Å²) in [6.45, 7) is 3.77. The maximum atomic E-state index is 11.8. The zero-order valence-electron chi connectivity index (χ0n) is 8.68. The van der Waals surface area contributed by atoms with E-state index in [0.29, 0.717) is 11.4 Å². The smallest absolute Gasteiger partial charge is 0.251 e. The van der Waals surface area contributed by atoms with Crippen LogP contribution in [0, 0.1) is 0 Å². The Morgan fingerprint density at radius 1 is 1.53 bits per heavy atom. The third-order valence-electron chi connectivity index (χ3n) is 1.87. The van der Waals surface area contributed by atoms with Gasteiger partial charge in [-0.15, -0.1) is 11.6 Å². The number of rotatable bonds is 3. The van der Waals surface area contributed by atoms with Gasteiger partial charge < -0.3 is 5.32 Å². The van der Waals surface area contributed by atoms with Gasteiger partial charge in [-0.1, -0.05) is 22.0 Å². The van der Waals surface area contributed by atoms with Gasteiger partial charge in [-0.3, -0.25) is 4.79 Å². The predicted octanol–water partition coefficient (Wildman–Crippen LogP) is 3.20. The molecule has 0 radical (unpaired) electrons. The van der Waals surface area contributed by atoms with Gasteiger partial charge in [0.15, 0.2) is 0 Å². The van der Waals surface area contributed by atoms with Crippen LogP contribution >= 0.6 is 27.5 Å². The first-order valence-corrected chi connectivity index (χ1v) is 5.91. The molecular weight excluding hydrogens is 277 g/mol. The number of carbonyl (C=O) groups excluding carboxylic acids is 1. The molecular formula is C11H13BrClNO. The highest BCUT2D eigenvalue weighted by atomic mass is 79.9. The van der Waals surface area contributed by atoms with Crippen LogP contribution in [0.2, 0.25) is 0 Å². The second-order valence-electron chi connectivity index (χ2n) is 3.98. The van der Waals surface area contributed by atoms with E-state index in [-0.39, 0.29) is 11.4 Å². The zero-order valence-corrected chi connectivity index (χ0v) is 11.0. The minimum Gasteiger partial charge on any atom is -0.346 e. The summed E-state index contributed by atoms with van der Waals surface area (Å²) in [6.07, 6.45) is 0. The van der Waals surface area contributed by atoms with Gasteiger partial charge in [0.05, 0.1) is 0 Å². The molecule has 0 aromatic heterocycles. The Morgan fingerprint density at radius 3 is 2.73 bits per heavy atom. The number of carbonyl (C=O) groups is 1. The summed E-state index contributed by atoms with van der Waals surface area (Å²) >= 11 is 9.05. The standard InChI is InChI=1S/C11H13BrClNO/c1-11(2,7-13)14-10(15)8-4-3-5-9(12)6-8/h3-6H,7H2,1-2H3,(H,14,15). The monoisotopic (exact) mass is 289 g/mol. The molecule has 0 aliphatic carbocycles. The van der Waals surface area contributed by atoms with E-state index in [2.05, 4.69) is 21.2 Å². The van der Waals surface area contributed by atoms with Crippen LogP contribution in [0.3, 0.4) is 0 Å². The van der Waals surface area contributed by atoms with Crippen molar-refractivity contribution in [1.29, 1.82) is 0 Å². The summed E-state index contributed by atoms with van der Waals surface area (Å²) in [5, 5.41) is 2.86. The van der Waals surface area contributed by atoms with Crippen molar-refractivity contribution in [2.24, 2.45) is 0 Å². The van der Waals surface area contributed by atoms with Crippen LogP contribution in [-0.2, 0) is 0 Å². The van der Waals surface area contributed by atoms with Crippen LogP contribution in [0.15, 0.2) is 28.7 Å². The van der Waals surface area contributed by atoms with Crippen molar-refractivity contribution in [2.45, 2.75) is 19.4 Å². The minimum absolute atomic E-state index is 0.109. The first kappa shape index (κ1) is 12.5. The van der Waals surface area contributed by atoms with Crippen molar-refractivity contribution in [3.8, 4) is 0 Å². The van der Waals surface area contributed by atoms with Gasteiger partial charge in [0.2, 0.25) is 0 Å². The molecule has 0 aliphatic heterocycles. The van der Waals surface area contributed by atoms with Crippen molar-refractivity contribution < 1.29 is 4.79 Å². The predicted molar refractivity (Wildman–Crippen MR) is 66.4 cm³/mol. The van der Waals surface area contributed by atoms with Gasteiger partial charge >= 0.3 is 0 Å². The second kappa shape index (κ2) is 4.99. The number of hydrogen-bond donors (Lipinski definition) is 1. The lowest BCUT2D eigenvalue weighted by Crippen LogP contribution is -2.44. The SMILES string of the molecule is CC(C)(CCl)NC(=O)c1cccc(Br)c1. The molecule has 82 valence electrons. The highest BCUT2D eigenvalue weighted by molar-refractivity contribution is 9.10. The molecule has 0 saturated heterocycles. The fourth-order valence-electron chi connectivity index (χ4n) is 1.04. The number of hydrogen-bond acceptors (Lipinski definition) is 1. The molecule has 1 amide bonds. The van der Waals surface area contributed by atoms with Gasteiger partial charge in [0.1, 0.15) is 0 Å². The molecule has 0 saturated carbocycles. The molecule has 1 rings (SSSR count). The van der Waals surface area contributed by atoms with Crippen LogP contribution in [0.1, 0.15) is 24.2 Å². The molecule has 15 heavy (non-hydrogen) atoms. The van der Waals surface area contributed by atoms with E-state index in [1.54, 1.807) is 12.1 Å². The lowest BCUT2D eigenvalue weighted by molar-refractivity contribution is 0.0920. The highest BCUT2D eigenvalue weighted by Gasteiger charge is 2.19. The molecule has 0 spiro atoms. The Hall–Kier alpha value is -0.540. The number of nitrogens with one attached hydrogen (secondary N) is 1. The van der Waals surface area contributed by atoms with Crippen LogP contribution in [-0.4, -0.2) is 17.3 Å². The maximum Gasteiger partial charge on any atom is 0.251 e. The lowest BCUT2D eigenvalue weighted by Gasteiger charge is -2.23. The molecule has 0 unspecified atom stereocenters. The van der Waals surface area contributed by atoms with E-state index in [1.807, 2.05) is 26.0 Å². The molecule has 1 aromatic rings. The largest absolute Gasteiger partial charge is 0.346 e. The molecule has 2 nitrogen and oxygen atoms in total. The first-order chi connectivity index (χ1) is 6.94. The first-order valence-electron chi connectivity index (χ1n) is 4.59. The summed E-state index contributed by atoms with van der Waals surface area (Å²) in [5.74, 6) is 0.272. The van der Waals surface area contributed by atoms with E-state index in [1.165, 1.54) is 0 Å². The Labute approximate surface area is 103 Å². The molecule has 1 N–H and O–H groups in total. The Morgan fingerprint density at radius 2 is 2.20 bits per heavy atom. The van der Waals surface area contributed by atoms with Crippen molar-refractivity contribution in [3.05, 3.63) is 34.3 Å². The third-order valence-corrected chi connectivity index (χ3v) is 3.03. The van der Waals surface area contributed by atoms with E-state index >= 15 is 0 Å². The zero-order chi connectivity index (χ0) is 11.5. The summed E-state index contributed by atoms with van der Waals surface area (Å²) in [6, 6.07) is 7.25. The second-order valence-corrected chi connectivity index (χ2v) is 5.16. The summed E-state index contributed by atoms with van der Waals surface area (Å²) in [7, 11) is 0.